The van der Waals surface area contributed by atoms with E-state index < -0.39 is 0 Å². The number of carbonyl (C=O) groups excluding carboxylic acids is 1. The maximum atomic E-state index is 12.8. The zero-order chi connectivity index (χ0) is 16.1. The fraction of sp³-hybridized carbons (Fsp3) is 0.588. The molecule has 0 aromatic heterocycles. The Morgan fingerprint density at radius 3 is 2.70 bits per heavy atom. The van der Waals surface area contributed by atoms with Gasteiger partial charge in [0.25, 0.3) is 0 Å². The highest BCUT2D eigenvalue weighted by molar-refractivity contribution is 5.79. The summed E-state index contributed by atoms with van der Waals surface area (Å²) in [5, 5.41) is 3.39. The van der Waals surface area contributed by atoms with Gasteiger partial charge in [0.2, 0.25) is 5.91 Å². The lowest BCUT2D eigenvalue weighted by molar-refractivity contribution is -0.136. The van der Waals surface area contributed by atoms with Crippen LogP contribution in [0.4, 0.5) is 0 Å². The Morgan fingerprint density at radius 1 is 1.26 bits per heavy atom. The first kappa shape index (κ1) is 16.2. The molecule has 6 nitrogen and oxygen atoms in total. The van der Waals surface area contributed by atoms with Gasteiger partial charge in [0.1, 0.15) is 5.75 Å². The summed E-state index contributed by atoms with van der Waals surface area (Å²) in [7, 11) is 1.66. The normalized spacial score (nSPS) is 22.8. The minimum atomic E-state index is 0.0863. The van der Waals surface area contributed by atoms with Gasteiger partial charge < -0.3 is 19.7 Å². The Morgan fingerprint density at radius 2 is 2.00 bits per heavy atom. The van der Waals surface area contributed by atoms with Crippen LogP contribution in [0, 0.1) is 0 Å². The Kier molecular flexibility index (Phi) is 5.48. The molecule has 1 aromatic carbocycles. The molecule has 1 atom stereocenters. The van der Waals surface area contributed by atoms with E-state index in [1.807, 2.05) is 29.2 Å². The molecule has 0 radical (unpaired) electrons. The van der Waals surface area contributed by atoms with Crippen molar-refractivity contribution in [2.75, 3.05) is 59.6 Å². The first-order valence-corrected chi connectivity index (χ1v) is 8.22. The minimum Gasteiger partial charge on any atom is -0.497 e. The Hall–Kier alpha value is -1.63. The maximum Gasteiger partial charge on any atom is 0.237 e. The topological polar surface area (TPSA) is 54.0 Å². The number of hydrogen-bond donors (Lipinski definition) is 1. The number of nitrogens with zero attached hydrogens (tertiary/aromatic N) is 2. The fourth-order valence-corrected chi connectivity index (χ4v) is 3.17. The van der Waals surface area contributed by atoms with Gasteiger partial charge in [0.05, 0.1) is 32.9 Å². The fourth-order valence-electron chi connectivity index (χ4n) is 3.17. The zero-order valence-electron chi connectivity index (χ0n) is 13.7. The highest BCUT2D eigenvalue weighted by Crippen LogP contribution is 2.24. The molecule has 3 rings (SSSR count). The van der Waals surface area contributed by atoms with E-state index >= 15 is 0 Å². The third-order valence-corrected chi connectivity index (χ3v) is 4.53. The first-order chi connectivity index (χ1) is 11.3. The third kappa shape index (κ3) is 4.02. The molecule has 6 heteroatoms. The quantitative estimate of drug-likeness (QED) is 0.876. The number of piperazine rings is 1. The lowest BCUT2D eigenvalue weighted by Crippen LogP contribution is -2.52. The van der Waals surface area contributed by atoms with E-state index in [0.717, 1.165) is 57.3 Å². The zero-order valence-corrected chi connectivity index (χ0v) is 13.7. The van der Waals surface area contributed by atoms with Gasteiger partial charge in [-0.1, -0.05) is 12.1 Å². The largest absolute Gasteiger partial charge is 0.497 e. The molecule has 2 aliphatic heterocycles. The van der Waals surface area contributed by atoms with Gasteiger partial charge in [0, 0.05) is 32.7 Å². The second-order valence-corrected chi connectivity index (χ2v) is 5.97. The average Bonchev–Trinajstić information content (AvgIpc) is 2.62. The van der Waals surface area contributed by atoms with Crippen LogP contribution in [0.5, 0.6) is 5.75 Å². The predicted molar refractivity (Wildman–Crippen MR) is 87.6 cm³/mol. The van der Waals surface area contributed by atoms with E-state index in [1.165, 1.54) is 0 Å². The second-order valence-electron chi connectivity index (χ2n) is 5.97. The summed E-state index contributed by atoms with van der Waals surface area (Å²) < 4.78 is 10.6. The van der Waals surface area contributed by atoms with E-state index in [-0.39, 0.29) is 11.9 Å². The van der Waals surface area contributed by atoms with Crippen LogP contribution in [0.2, 0.25) is 0 Å². The smallest absolute Gasteiger partial charge is 0.237 e. The molecule has 0 spiro atoms. The summed E-state index contributed by atoms with van der Waals surface area (Å²) in [6.07, 6.45) is 0. The number of rotatable bonds is 4. The summed E-state index contributed by atoms with van der Waals surface area (Å²) in [4.78, 5) is 17.0. The number of carbonyl (C=O) groups is 1. The molecule has 2 fully saturated rings. The van der Waals surface area contributed by atoms with Crippen LogP contribution in [0.1, 0.15) is 11.6 Å². The van der Waals surface area contributed by atoms with Crippen LogP contribution in [-0.4, -0.2) is 75.3 Å². The summed E-state index contributed by atoms with van der Waals surface area (Å²) in [5.74, 6) is 1.04. The number of nitrogens with one attached hydrogen (secondary N) is 1. The van der Waals surface area contributed by atoms with Gasteiger partial charge in [0.15, 0.2) is 0 Å². The molecule has 126 valence electrons. The van der Waals surface area contributed by atoms with Crippen molar-refractivity contribution in [3.63, 3.8) is 0 Å². The molecule has 1 amide bonds. The highest BCUT2D eigenvalue weighted by Gasteiger charge is 2.29. The van der Waals surface area contributed by atoms with Gasteiger partial charge in [-0.05, 0) is 17.7 Å². The monoisotopic (exact) mass is 319 g/mol. The van der Waals surface area contributed by atoms with Crippen molar-refractivity contribution < 1.29 is 14.3 Å². The van der Waals surface area contributed by atoms with E-state index in [1.54, 1.807) is 7.11 Å². The molecule has 0 unspecified atom stereocenters. The number of morpholine rings is 1. The molecule has 2 saturated heterocycles. The van der Waals surface area contributed by atoms with E-state index in [2.05, 4.69) is 10.2 Å². The second kappa shape index (κ2) is 7.77. The maximum absolute atomic E-state index is 12.8. The number of ether oxygens (including phenoxy) is 2. The summed E-state index contributed by atoms with van der Waals surface area (Å²) in [6, 6.07) is 8.09. The lowest BCUT2D eigenvalue weighted by atomic mass is 10.0. The molecule has 0 aliphatic carbocycles. The SMILES string of the molecule is COc1ccc([C@H]2CNCCN2C(=O)CN2CCOCC2)cc1. The van der Waals surface area contributed by atoms with Crippen molar-refractivity contribution in [2.24, 2.45) is 0 Å². The molecule has 0 bridgehead atoms. The van der Waals surface area contributed by atoms with Crippen LogP contribution in [0.15, 0.2) is 24.3 Å². The van der Waals surface area contributed by atoms with Crippen LogP contribution >= 0.6 is 0 Å². The van der Waals surface area contributed by atoms with Crippen LogP contribution in [-0.2, 0) is 9.53 Å². The molecule has 2 aliphatic rings. The molecule has 23 heavy (non-hydrogen) atoms. The Bertz CT molecular complexity index is 514. The van der Waals surface area contributed by atoms with E-state index in [9.17, 15) is 4.79 Å². The summed E-state index contributed by atoms with van der Waals surface area (Å²) in [5.41, 5.74) is 1.15. The third-order valence-electron chi connectivity index (χ3n) is 4.53. The predicted octanol–water partition coefficient (Wildman–Crippen LogP) is 0.500. The summed E-state index contributed by atoms with van der Waals surface area (Å²) >= 11 is 0. The number of amides is 1. The van der Waals surface area contributed by atoms with Crippen molar-refractivity contribution in [2.45, 2.75) is 6.04 Å². The molecule has 1 aromatic rings. The lowest BCUT2D eigenvalue weighted by Gasteiger charge is -2.38. The van der Waals surface area contributed by atoms with Gasteiger partial charge in [-0.3, -0.25) is 9.69 Å². The Balaban J connectivity index is 1.68. The Labute approximate surface area is 137 Å². The molecular weight excluding hydrogens is 294 g/mol. The first-order valence-electron chi connectivity index (χ1n) is 8.22. The average molecular weight is 319 g/mol. The van der Waals surface area contributed by atoms with E-state index in [0.29, 0.717) is 6.54 Å². The molecular formula is C17H25N3O3. The molecule has 2 heterocycles. The van der Waals surface area contributed by atoms with Crippen molar-refractivity contribution in [1.82, 2.24) is 15.1 Å². The summed E-state index contributed by atoms with van der Waals surface area (Å²) in [6.45, 7) is 5.99. The van der Waals surface area contributed by atoms with Crippen LogP contribution < -0.4 is 10.1 Å². The van der Waals surface area contributed by atoms with E-state index in [4.69, 9.17) is 9.47 Å². The van der Waals surface area contributed by atoms with Gasteiger partial charge in [-0.15, -0.1) is 0 Å². The van der Waals surface area contributed by atoms with Gasteiger partial charge in [-0.2, -0.15) is 0 Å². The highest BCUT2D eigenvalue weighted by atomic mass is 16.5. The number of methoxy groups -OCH3 is 1. The number of benzene rings is 1. The van der Waals surface area contributed by atoms with Crippen molar-refractivity contribution >= 4 is 5.91 Å². The van der Waals surface area contributed by atoms with Crippen molar-refractivity contribution in [3.8, 4) is 5.75 Å². The number of hydrogen-bond acceptors (Lipinski definition) is 5. The molecule has 0 saturated carbocycles. The standard InChI is InChI=1S/C17H25N3O3/c1-22-15-4-2-14(3-5-15)16-12-18-6-7-20(16)17(21)13-19-8-10-23-11-9-19/h2-5,16,18H,6-13H2,1H3/t16-/m1/s1. The van der Waals surface area contributed by atoms with Gasteiger partial charge in [-0.25, -0.2) is 0 Å². The minimum absolute atomic E-state index is 0.0863. The van der Waals surface area contributed by atoms with Crippen LogP contribution in [0.25, 0.3) is 0 Å². The molecule has 1 N–H and O–H groups in total. The van der Waals surface area contributed by atoms with Gasteiger partial charge >= 0.3 is 0 Å². The van der Waals surface area contributed by atoms with Crippen molar-refractivity contribution in [1.29, 1.82) is 0 Å². The van der Waals surface area contributed by atoms with Crippen molar-refractivity contribution in [3.05, 3.63) is 29.8 Å². The van der Waals surface area contributed by atoms with Crippen LogP contribution in [0.3, 0.4) is 0 Å².